The van der Waals surface area contributed by atoms with E-state index in [2.05, 4.69) is 59.6 Å². The molecule has 0 amide bonds. The van der Waals surface area contributed by atoms with Crippen LogP contribution in [0.2, 0.25) is 0 Å². The molecule has 2 rings (SSSR count). The van der Waals surface area contributed by atoms with Crippen LogP contribution in [0.1, 0.15) is 24.1 Å². The molecule has 0 aliphatic heterocycles. The average Bonchev–Trinajstić information content (AvgIpc) is 2.92. The summed E-state index contributed by atoms with van der Waals surface area (Å²) in [6, 6.07) is 11.4. The van der Waals surface area contributed by atoms with Crippen LogP contribution in [0.3, 0.4) is 0 Å². The molecule has 0 saturated heterocycles. The number of benzene rings is 1. The van der Waals surface area contributed by atoms with Gasteiger partial charge in [0, 0.05) is 10.9 Å². The standard InChI is InChI=1S/C15H19NS2/c1-12(14-3-5-15(17-2)6-4-14)16-9-7-13-8-10-18-11-13/h3-6,8,10-12,16H,7,9H2,1-2H3. The van der Waals surface area contributed by atoms with Crippen LogP contribution in [0, 0.1) is 0 Å². The number of nitrogens with one attached hydrogen (secondary N) is 1. The lowest BCUT2D eigenvalue weighted by molar-refractivity contribution is 0.577. The third-order valence-corrected chi connectivity index (χ3v) is 4.54. The zero-order valence-corrected chi connectivity index (χ0v) is 12.5. The summed E-state index contributed by atoms with van der Waals surface area (Å²) < 4.78 is 0. The smallest absolute Gasteiger partial charge is 0.0291 e. The first-order valence-corrected chi connectivity index (χ1v) is 8.35. The molecule has 0 fully saturated rings. The van der Waals surface area contributed by atoms with Crippen molar-refractivity contribution in [3.63, 3.8) is 0 Å². The molecule has 0 saturated carbocycles. The van der Waals surface area contributed by atoms with Gasteiger partial charge in [-0.15, -0.1) is 11.8 Å². The second-order valence-electron chi connectivity index (χ2n) is 4.33. The van der Waals surface area contributed by atoms with Gasteiger partial charge >= 0.3 is 0 Å². The normalized spacial score (nSPS) is 12.6. The van der Waals surface area contributed by atoms with E-state index in [1.807, 2.05) is 0 Å². The minimum atomic E-state index is 0.416. The van der Waals surface area contributed by atoms with Crippen LogP contribution in [0.25, 0.3) is 0 Å². The fourth-order valence-electron chi connectivity index (χ4n) is 1.88. The van der Waals surface area contributed by atoms with Gasteiger partial charge in [0.15, 0.2) is 0 Å². The molecule has 1 unspecified atom stereocenters. The fourth-order valence-corrected chi connectivity index (χ4v) is 2.99. The van der Waals surface area contributed by atoms with E-state index in [1.54, 1.807) is 23.1 Å². The third-order valence-electron chi connectivity index (χ3n) is 3.06. The van der Waals surface area contributed by atoms with Gasteiger partial charge in [0.2, 0.25) is 0 Å². The maximum atomic E-state index is 3.57. The molecule has 96 valence electrons. The van der Waals surface area contributed by atoms with Crippen molar-refractivity contribution in [1.29, 1.82) is 0 Å². The Labute approximate surface area is 118 Å². The molecular formula is C15H19NS2. The Morgan fingerprint density at radius 2 is 2.00 bits per heavy atom. The van der Waals surface area contributed by atoms with Crippen molar-refractivity contribution in [2.45, 2.75) is 24.3 Å². The molecule has 1 aromatic heterocycles. The van der Waals surface area contributed by atoms with Gasteiger partial charge < -0.3 is 5.32 Å². The van der Waals surface area contributed by atoms with Gasteiger partial charge in [-0.25, -0.2) is 0 Å². The van der Waals surface area contributed by atoms with Gasteiger partial charge in [-0.2, -0.15) is 11.3 Å². The van der Waals surface area contributed by atoms with Crippen molar-refractivity contribution in [3.8, 4) is 0 Å². The lowest BCUT2D eigenvalue weighted by atomic mass is 10.1. The molecule has 0 aliphatic rings. The number of hydrogen-bond acceptors (Lipinski definition) is 3. The van der Waals surface area contributed by atoms with E-state index in [9.17, 15) is 0 Å². The van der Waals surface area contributed by atoms with E-state index in [1.165, 1.54) is 16.0 Å². The Bertz CT molecular complexity index is 448. The summed E-state index contributed by atoms with van der Waals surface area (Å²) in [6.07, 6.45) is 3.22. The van der Waals surface area contributed by atoms with Crippen LogP contribution in [-0.4, -0.2) is 12.8 Å². The van der Waals surface area contributed by atoms with E-state index in [4.69, 9.17) is 0 Å². The molecule has 0 aliphatic carbocycles. The van der Waals surface area contributed by atoms with E-state index >= 15 is 0 Å². The first-order chi connectivity index (χ1) is 8.79. The highest BCUT2D eigenvalue weighted by atomic mass is 32.2. The minimum Gasteiger partial charge on any atom is -0.310 e. The maximum absolute atomic E-state index is 3.57. The monoisotopic (exact) mass is 277 g/mol. The van der Waals surface area contributed by atoms with Crippen molar-refractivity contribution < 1.29 is 0 Å². The highest BCUT2D eigenvalue weighted by Gasteiger charge is 2.04. The molecule has 1 N–H and O–H groups in total. The largest absolute Gasteiger partial charge is 0.310 e. The first kappa shape index (κ1) is 13.7. The van der Waals surface area contributed by atoms with E-state index in [0.717, 1.165) is 13.0 Å². The molecule has 0 radical (unpaired) electrons. The van der Waals surface area contributed by atoms with Gasteiger partial charge in [0.05, 0.1) is 0 Å². The molecule has 18 heavy (non-hydrogen) atoms. The second-order valence-corrected chi connectivity index (χ2v) is 5.99. The number of thiophene rings is 1. The Hall–Kier alpha value is -0.770. The number of thioether (sulfide) groups is 1. The molecule has 1 heterocycles. The molecule has 1 atom stereocenters. The Morgan fingerprint density at radius 3 is 2.61 bits per heavy atom. The van der Waals surface area contributed by atoms with Crippen molar-refractivity contribution in [3.05, 3.63) is 52.2 Å². The van der Waals surface area contributed by atoms with Gasteiger partial charge in [0.25, 0.3) is 0 Å². The van der Waals surface area contributed by atoms with Crippen LogP contribution >= 0.6 is 23.1 Å². The van der Waals surface area contributed by atoms with E-state index in [0.29, 0.717) is 6.04 Å². The van der Waals surface area contributed by atoms with E-state index < -0.39 is 0 Å². The quantitative estimate of drug-likeness (QED) is 0.787. The first-order valence-electron chi connectivity index (χ1n) is 6.18. The summed E-state index contributed by atoms with van der Waals surface area (Å²) in [6.45, 7) is 3.25. The Kier molecular flexibility index (Phi) is 5.29. The Balaban J connectivity index is 1.81. The second kappa shape index (κ2) is 6.98. The van der Waals surface area contributed by atoms with Crippen molar-refractivity contribution in [1.82, 2.24) is 5.32 Å². The predicted octanol–water partition coefficient (Wildman–Crippen LogP) is 4.36. The van der Waals surface area contributed by atoms with E-state index in [-0.39, 0.29) is 0 Å². The van der Waals surface area contributed by atoms with Crippen LogP contribution in [-0.2, 0) is 6.42 Å². The summed E-state index contributed by atoms with van der Waals surface area (Å²) in [5.41, 5.74) is 2.79. The van der Waals surface area contributed by atoms with Crippen LogP contribution in [0.5, 0.6) is 0 Å². The maximum Gasteiger partial charge on any atom is 0.0291 e. The van der Waals surface area contributed by atoms with Crippen molar-refractivity contribution >= 4 is 23.1 Å². The molecule has 3 heteroatoms. The van der Waals surface area contributed by atoms with Crippen molar-refractivity contribution in [2.24, 2.45) is 0 Å². The highest BCUT2D eigenvalue weighted by Crippen LogP contribution is 2.18. The van der Waals surface area contributed by atoms with Crippen LogP contribution in [0.15, 0.2) is 46.0 Å². The third kappa shape index (κ3) is 3.87. The average molecular weight is 277 g/mol. The topological polar surface area (TPSA) is 12.0 Å². The zero-order valence-electron chi connectivity index (χ0n) is 10.8. The molecule has 1 aromatic carbocycles. The summed E-state index contributed by atoms with van der Waals surface area (Å²) in [7, 11) is 0. The van der Waals surface area contributed by atoms with Gasteiger partial charge in [-0.3, -0.25) is 0 Å². The lowest BCUT2D eigenvalue weighted by Crippen LogP contribution is -2.21. The molecule has 0 bridgehead atoms. The van der Waals surface area contributed by atoms with Crippen LogP contribution in [0.4, 0.5) is 0 Å². The predicted molar refractivity (Wildman–Crippen MR) is 82.7 cm³/mol. The zero-order chi connectivity index (χ0) is 12.8. The SMILES string of the molecule is CSc1ccc(C(C)NCCc2ccsc2)cc1. The van der Waals surface area contributed by atoms with Gasteiger partial charge in [-0.05, 0) is 66.2 Å². The molecule has 0 spiro atoms. The lowest BCUT2D eigenvalue weighted by Gasteiger charge is -2.14. The molecule has 1 nitrogen and oxygen atoms in total. The highest BCUT2D eigenvalue weighted by molar-refractivity contribution is 7.98. The minimum absolute atomic E-state index is 0.416. The Morgan fingerprint density at radius 1 is 1.22 bits per heavy atom. The summed E-state index contributed by atoms with van der Waals surface area (Å²) >= 11 is 3.55. The molecular weight excluding hydrogens is 258 g/mol. The van der Waals surface area contributed by atoms with Crippen LogP contribution < -0.4 is 5.32 Å². The van der Waals surface area contributed by atoms with Gasteiger partial charge in [-0.1, -0.05) is 12.1 Å². The number of rotatable bonds is 6. The van der Waals surface area contributed by atoms with Gasteiger partial charge in [0.1, 0.15) is 0 Å². The molecule has 2 aromatic rings. The number of hydrogen-bond donors (Lipinski definition) is 1. The summed E-state index contributed by atoms with van der Waals surface area (Å²) in [5.74, 6) is 0. The summed E-state index contributed by atoms with van der Waals surface area (Å²) in [5, 5.41) is 7.93. The summed E-state index contributed by atoms with van der Waals surface area (Å²) in [4.78, 5) is 1.32. The fraction of sp³-hybridized carbons (Fsp3) is 0.333. The van der Waals surface area contributed by atoms with Crippen molar-refractivity contribution in [2.75, 3.05) is 12.8 Å².